The van der Waals surface area contributed by atoms with Gasteiger partial charge in [0.2, 0.25) is 11.3 Å². The fraction of sp³-hybridized carbons (Fsp3) is 0.318. The molecule has 3 aromatic heterocycles. The first-order valence-electron chi connectivity index (χ1n) is 19.1. The maximum absolute atomic E-state index is 15.8. The van der Waals surface area contributed by atoms with E-state index in [1.165, 1.54) is 30.5 Å². The largest absolute Gasteiger partial charge is 0.383 e. The van der Waals surface area contributed by atoms with E-state index in [0.717, 1.165) is 74.4 Å². The molecule has 1 aliphatic heterocycles. The number of carbonyl (C=O) groups excluding carboxylic acids is 2. The van der Waals surface area contributed by atoms with Crippen LogP contribution in [0.15, 0.2) is 90.2 Å². The van der Waals surface area contributed by atoms with Crippen LogP contribution in [0, 0.1) is 40.7 Å². The normalized spacial score (nSPS) is 19.3. The Balaban J connectivity index is 0.976. The maximum Gasteiger partial charge on any atom is 0.261 e. The average Bonchev–Trinajstić information content (AvgIpc) is 3.50. The van der Waals surface area contributed by atoms with Crippen LogP contribution >= 0.6 is 0 Å². The summed E-state index contributed by atoms with van der Waals surface area (Å²) >= 11 is 0. The summed E-state index contributed by atoms with van der Waals surface area (Å²) in [7, 11) is 0. The van der Waals surface area contributed by atoms with Gasteiger partial charge in [0.15, 0.2) is 0 Å². The van der Waals surface area contributed by atoms with Gasteiger partial charge in [-0.2, -0.15) is 5.26 Å². The summed E-state index contributed by atoms with van der Waals surface area (Å²) in [5, 5.41) is 11.8. The highest BCUT2D eigenvalue weighted by Gasteiger charge is 2.37. The SMILES string of the molecule is N#CC1CC(CN2C(=O)CC[C@H]2Cc2ccc(-c3cnc(N)c(-c4ccc(NC(=O)c5cn(CC6CCC6)cc(-c6ccc(F)cn6)c5=O)cc4F)c3)cc2)C1. The van der Waals surface area contributed by atoms with Crippen molar-refractivity contribution in [2.75, 3.05) is 17.6 Å². The van der Waals surface area contributed by atoms with Gasteiger partial charge < -0.3 is 20.5 Å². The number of aromatic nitrogens is 3. The molecule has 4 heterocycles. The number of nitrogens with two attached hydrogens (primary N) is 1. The first-order valence-corrected chi connectivity index (χ1v) is 19.1. The van der Waals surface area contributed by atoms with E-state index < -0.39 is 23.0 Å². The molecule has 0 radical (unpaired) electrons. The van der Waals surface area contributed by atoms with Crippen molar-refractivity contribution in [2.24, 2.45) is 17.8 Å². The van der Waals surface area contributed by atoms with Crippen LogP contribution < -0.4 is 16.5 Å². The molecule has 12 heteroatoms. The number of nitriles is 1. The van der Waals surface area contributed by atoms with Gasteiger partial charge in [-0.15, -0.1) is 0 Å². The van der Waals surface area contributed by atoms with Crippen LogP contribution in [0.4, 0.5) is 20.3 Å². The van der Waals surface area contributed by atoms with E-state index in [1.54, 1.807) is 29.1 Å². The molecule has 5 aromatic rings. The standard InChI is InChI=1S/C44H41F2N7O3/c45-32-8-12-40(49-21-32)37-24-52(22-27-2-1-3-27)25-38(42(37)55)44(56)51-33-9-11-35(39(46)18-33)36-17-31(20-50-43(36)48)30-6-4-26(5-7-30)16-34-10-13-41(54)53(34)23-29-14-28(15-29)19-47/h4-9,11-12,17-18,20-21,24-25,27-29,34H,1-3,10,13-16,22-23H2,(H2,48,50)(H,51,56)/t28?,29?,34-/m0/s1. The van der Waals surface area contributed by atoms with E-state index in [1.807, 2.05) is 29.2 Å². The molecule has 2 amide bonds. The summed E-state index contributed by atoms with van der Waals surface area (Å²) in [4.78, 5) is 50.2. The number of nitrogens with one attached hydrogen (secondary N) is 1. The van der Waals surface area contributed by atoms with Gasteiger partial charge in [-0.3, -0.25) is 19.4 Å². The van der Waals surface area contributed by atoms with Gasteiger partial charge in [0, 0.05) is 72.4 Å². The fourth-order valence-electron chi connectivity index (χ4n) is 8.08. The summed E-state index contributed by atoms with van der Waals surface area (Å²) in [6.07, 6.45) is 12.9. The summed E-state index contributed by atoms with van der Waals surface area (Å²) in [6.45, 7) is 1.33. The summed E-state index contributed by atoms with van der Waals surface area (Å²) in [6, 6.07) is 19.1. The number of rotatable bonds is 11. The van der Waals surface area contributed by atoms with E-state index in [2.05, 4.69) is 21.4 Å². The van der Waals surface area contributed by atoms with Crippen molar-refractivity contribution in [3.63, 3.8) is 0 Å². The zero-order valence-corrected chi connectivity index (χ0v) is 30.8. The Morgan fingerprint density at radius 3 is 2.38 bits per heavy atom. The predicted octanol–water partition coefficient (Wildman–Crippen LogP) is 7.64. The molecule has 3 fully saturated rings. The van der Waals surface area contributed by atoms with Crippen LogP contribution in [0.5, 0.6) is 0 Å². The van der Waals surface area contributed by atoms with E-state index >= 15 is 4.39 Å². The Labute approximate surface area is 323 Å². The number of likely N-dealkylation sites (tertiary alicyclic amines) is 1. The van der Waals surface area contributed by atoms with Crippen molar-refractivity contribution in [3.8, 4) is 39.6 Å². The topological polar surface area (TPSA) is 147 Å². The lowest BCUT2D eigenvalue weighted by molar-refractivity contribution is -0.130. The molecule has 2 aromatic carbocycles. The number of pyridine rings is 3. The predicted molar refractivity (Wildman–Crippen MR) is 209 cm³/mol. The average molecular weight is 754 g/mol. The molecule has 8 rings (SSSR count). The van der Waals surface area contributed by atoms with E-state index in [-0.39, 0.29) is 51.8 Å². The zero-order chi connectivity index (χ0) is 38.9. The fourth-order valence-corrected chi connectivity index (χ4v) is 8.08. The Kier molecular flexibility index (Phi) is 10.2. The third-order valence-electron chi connectivity index (χ3n) is 11.5. The van der Waals surface area contributed by atoms with Gasteiger partial charge in [-0.1, -0.05) is 30.7 Å². The van der Waals surface area contributed by atoms with Gasteiger partial charge in [-0.05, 0) is 97.9 Å². The Morgan fingerprint density at radius 2 is 1.68 bits per heavy atom. The minimum Gasteiger partial charge on any atom is -0.383 e. The molecule has 2 saturated carbocycles. The van der Waals surface area contributed by atoms with Gasteiger partial charge >= 0.3 is 0 Å². The zero-order valence-electron chi connectivity index (χ0n) is 30.8. The first kappa shape index (κ1) is 36.7. The van der Waals surface area contributed by atoms with Gasteiger partial charge in [-0.25, -0.2) is 13.8 Å². The van der Waals surface area contributed by atoms with E-state index in [4.69, 9.17) is 11.0 Å². The van der Waals surface area contributed by atoms with Crippen LogP contribution in [-0.4, -0.2) is 43.8 Å². The van der Waals surface area contributed by atoms with Crippen molar-refractivity contribution in [1.82, 2.24) is 19.4 Å². The first-order chi connectivity index (χ1) is 27.1. The van der Waals surface area contributed by atoms with Crippen molar-refractivity contribution in [2.45, 2.75) is 64.0 Å². The molecular weight excluding hydrogens is 713 g/mol. The van der Waals surface area contributed by atoms with Crippen LogP contribution in [-0.2, 0) is 17.8 Å². The van der Waals surface area contributed by atoms with E-state index in [0.29, 0.717) is 30.4 Å². The molecule has 0 bridgehead atoms. The second kappa shape index (κ2) is 15.5. The molecule has 1 atom stereocenters. The number of hydrogen-bond acceptors (Lipinski definition) is 7. The van der Waals surface area contributed by atoms with Crippen molar-refractivity contribution < 1.29 is 18.4 Å². The second-order valence-electron chi connectivity index (χ2n) is 15.4. The Bertz CT molecular complexity index is 2400. The number of anilines is 2. The maximum atomic E-state index is 15.8. The lowest BCUT2D eigenvalue weighted by Crippen LogP contribution is -2.41. The van der Waals surface area contributed by atoms with Crippen molar-refractivity contribution in [3.05, 3.63) is 118 Å². The number of hydrogen-bond donors (Lipinski definition) is 2. The summed E-state index contributed by atoms with van der Waals surface area (Å²) < 4.78 is 31.2. The monoisotopic (exact) mass is 753 g/mol. The number of benzene rings is 2. The van der Waals surface area contributed by atoms with Crippen molar-refractivity contribution >= 4 is 23.3 Å². The van der Waals surface area contributed by atoms with Crippen LogP contribution in [0.25, 0.3) is 33.5 Å². The molecule has 3 aliphatic rings. The van der Waals surface area contributed by atoms with Gasteiger partial charge in [0.25, 0.3) is 5.91 Å². The molecule has 284 valence electrons. The smallest absolute Gasteiger partial charge is 0.261 e. The van der Waals surface area contributed by atoms with E-state index in [9.17, 15) is 18.8 Å². The molecule has 0 spiro atoms. The number of carbonyl (C=O) groups is 2. The molecule has 56 heavy (non-hydrogen) atoms. The lowest BCUT2D eigenvalue weighted by atomic mass is 9.75. The lowest BCUT2D eigenvalue weighted by Gasteiger charge is -2.36. The molecule has 0 unspecified atom stereocenters. The quantitative estimate of drug-likeness (QED) is 0.141. The second-order valence-corrected chi connectivity index (χ2v) is 15.4. The van der Waals surface area contributed by atoms with Gasteiger partial charge in [0.1, 0.15) is 23.0 Å². The molecule has 10 nitrogen and oxygen atoms in total. The highest BCUT2D eigenvalue weighted by Crippen LogP contribution is 2.37. The Morgan fingerprint density at radius 1 is 0.875 bits per heavy atom. The number of halogens is 2. The highest BCUT2D eigenvalue weighted by atomic mass is 19.1. The number of nitrogens with zero attached hydrogens (tertiary/aromatic N) is 5. The number of nitrogen functional groups attached to an aromatic ring is 1. The number of amides is 2. The Hall–Kier alpha value is -6.22. The third kappa shape index (κ3) is 7.67. The van der Waals surface area contributed by atoms with Crippen LogP contribution in [0.2, 0.25) is 0 Å². The van der Waals surface area contributed by atoms with Gasteiger partial charge in [0.05, 0.1) is 23.5 Å². The molecule has 3 N–H and O–H groups in total. The summed E-state index contributed by atoms with van der Waals surface area (Å²) in [5.41, 5.74) is 9.40. The molecule has 2 aliphatic carbocycles. The highest BCUT2D eigenvalue weighted by molar-refractivity contribution is 6.04. The minimum absolute atomic E-state index is 0.114. The third-order valence-corrected chi connectivity index (χ3v) is 11.5. The van der Waals surface area contributed by atoms with Crippen LogP contribution in [0.1, 0.15) is 60.9 Å². The molecular formula is C44H41F2N7O3. The minimum atomic E-state index is -0.709. The summed E-state index contributed by atoms with van der Waals surface area (Å²) in [5.74, 6) is -0.635. The molecule has 1 saturated heterocycles. The van der Waals surface area contributed by atoms with Crippen LogP contribution in [0.3, 0.4) is 0 Å². The van der Waals surface area contributed by atoms with Crippen molar-refractivity contribution in [1.29, 1.82) is 5.26 Å².